The van der Waals surface area contributed by atoms with Crippen molar-refractivity contribution in [1.29, 1.82) is 0 Å². The first-order valence-corrected chi connectivity index (χ1v) is 4.74. The molecule has 0 aromatic heterocycles. The Morgan fingerprint density at radius 2 is 2.36 bits per heavy atom. The van der Waals surface area contributed by atoms with Crippen LogP contribution in [0.1, 0.15) is 6.42 Å². The summed E-state index contributed by atoms with van der Waals surface area (Å²) in [7, 11) is 1.84. The lowest BCUT2D eigenvalue weighted by Gasteiger charge is -2.30. The summed E-state index contributed by atoms with van der Waals surface area (Å²) < 4.78 is 7.09. The van der Waals surface area contributed by atoms with Crippen LogP contribution in [0.4, 0.5) is 0 Å². The SMILES string of the molecule is C=[N+](C)N1C2COCC1C(C(=O)O)C2. The monoisotopic (exact) mass is 199 g/mol. The van der Waals surface area contributed by atoms with Crippen molar-refractivity contribution in [3.8, 4) is 0 Å². The second-order valence-electron chi connectivity index (χ2n) is 3.98. The van der Waals surface area contributed by atoms with Gasteiger partial charge in [0, 0.05) is 0 Å². The lowest BCUT2D eigenvalue weighted by atomic mass is 10.0. The first-order chi connectivity index (χ1) is 6.61. The summed E-state index contributed by atoms with van der Waals surface area (Å²) in [5.74, 6) is -1.04. The average molecular weight is 199 g/mol. The smallest absolute Gasteiger partial charge is 0.308 e. The Labute approximate surface area is 82.6 Å². The third kappa shape index (κ3) is 1.28. The molecule has 0 aromatic rings. The van der Waals surface area contributed by atoms with Crippen LogP contribution in [-0.2, 0) is 9.53 Å². The molecule has 0 aromatic carbocycles. The van der Waals surface area contributed by atoms with E-state index in [9.17, 15) is 4.79 Å². The van der Waals surface area contributed by atoms with Crippen LogP contribution in [0, 0.1) is 5.92 Å². The molecule has 2 fully saturated rings. The van der Waals surface area contributed by atoms with Crippen molar-refractivity contribution in [3.63, 3.8) is 0 Å². The number of carboxylic acids is 1. The number of hydrogen-bond donors (Lipinski definition) is 1. The number of hydrogen-bond acceptors (Lipinski definition) is 3. The predicted molar refractivity (Wildman–Crippen MR) is 49.3 cm³/mol. The summed E-state index contributed by atoms with van der Waals surface area (Å²) in [6, 6.07) is 0.131. The Morgan fingerprint density at radius 3 is 2.86 bits per heavy atom. The lowest BCUT2D eigenvalue weighted by Crippen LogP contribution is -2.51. The Balaban J connectivity index is 2.23. The molecule has 0 radical (unpaired) electrons. The standard InChI is InChI=1S/C9H14N2O3/c1-10(2)11-6-3-7(9(12)13)8(11)5-14-4-6/h6-8H,1,3-5H2,2H3/p+1. The van der Waals surface area contributed by atoms with E-state index >= 15 is 0 Å². The highest BCUT2D eigenvalue weighted by Gasteiger charge is 2.51. The molecule has 5 heteroatoms. The van der Waals surface area contributed by atoms with Crippen LogP contribution in [0.15, 0.2) is 0 Å². The molecule has 2 saturated heterocycles. The van der Waals surface area contributed by atoms with Gasteiger partial charge < -0.3 is 9.84 Å². The molecule has 1 N–H and O–H groups in total. The van der Waals surface area contributed by atoms with Gasteiger partial charge in [0.15, 0.2) is 13.8 Å². The van der Waals surface area contributed by atoms with Crippen molar-refractivity contribution in [2.24, 2.45) is 5.92 Å². The average Bonchev–Trinajstić information content (AvgIpc) is 2.34. The highest BCUT2D eigenvalue weighted by atomic mass is 16.5. The molecule has 0 aliphatic carbocycles. The second-order valence-corrected chi connectivity index (χ2v) is 3.98. The molecule has 3 unspecified atom stereocenters. The summed E-state index contributed by atoms with van der Waals surface area (Å²) in [6.07, 6.45) is 0.667. The number of rotatable bonds is 2. The number of fused-ring (bicyclic) bond motifs is 2. The zero-order valence-electron chi connectivity index (χ0n) is 8.22. The number of hydrazine groups is 1. The van der Waals surface area contributed by atoms with Crippen LogP contribution >= 0.6 is 0 Å². The third-order valence-corrected chi connectivity index (χ3v) is 3.01. The zero-order chi connectivity index (χ0) is 10.3. The summed E-state index contributed by atoms with van der Waals surface area (Å²) >= 11 is 0. The number of aliphatic carboxylic acids is 1. The van der Waals surface area contributed by atoms with E-state index in [2.05, 4.69) is 6.72 Å². The number of nitrogens with zero attached hydrogens (tertiary/aromatic N) is 2. The van der Waals surface area contributed by atoms with Gasteiger partial charge in [0.1, 0.15) is 12.1 Å². The lowest BCUT2D eigenvalue weighted by molar-refractivity contribution is -0.679. The van der Waals surface area contributed by atoms with Crippen molar-refractivity contribution < 1.29 is 19.3 Å². The van der Waals surface area contributed by atoms with E-state index in [0.29, 0.717) is 19.6 Å². The maximum atomic E-state index is 11.0. The maximum Gasteiger partial charge on any atom is 0.308 e. The summed E-state index contributed by atoms with van der Waals surface area (Å²) in [5.41, 5.74) is 0. The van der Waals surface area contributed by atoms with Gasteiger partial charge in [-0.05, 0) is 6.42 Å². The van der Waals surface area contributed by atoms with Gasteiger partial charge in [-0.1, -0.05) is 0 Å². The van der Waals surface area contributed by atoms with Crippen LogP contribution in [0.3, 0.4) is 0 Å². The van der Waals surface area contributed by atoms with Crippen LogP contribution in [0.25, 0.3) is 0 Å². The van der Waals surface area contributed by atoms with Gasteiger partial charge >= 0.3 is 5.97 Å². The molecule has 14 heavy (non-hydrogen) atoms. The van der Waals surface area contributed by atoms with Crippen LogP contribution < -0.4 is 0 Å². The van der Waals surface area contributed by atoms with Gasteiger partial charge in [-0.15, -0.1) is 4.68 Å². The number of carbonyl (C=O) groups is 1. The van der Waals surface area contributed by atoms with Gasteiger partial charge in [-0.2, -0.15) is 5.01 Å². The minimum Gasteiger partial charge on any atom is -0.481 e. The van der Waals surface area contributed by atoms with E-state index in [1.165, 1.54) is 0 Å². The Kier molecular flexibility index (Phi) is 2.19. The van der Waals surface area contributed by atoms with Crippen molar-refractivity contribution in [2.45, 2.75) is 18.5 Å². The van der Waals surface area contributed by atoms with E-state index in [0.717, 1.165) is 0 Å². The fourth-order valence-corrected chi connectivity index (χ4v) is 2.47. The van der Waals surface area contributed by atoms with Gasteiger partial charge in [-0.25, -0.2) is 0 Å². The summed E-state index contributed by atoms with van der Waals surface area (Å²) in [6.45, 7) is 4.91. The van der Waals surface area contributed by atoms with Crippen molar-refractivity contribution in [2.75, 3.05) is 20.3 Å². The van der Waals surface area contributed by atoms with E-state index in [1.54, 1.807) is 4.68 Å². The normalized spacial score (nSPS) is 35.8. The summed E-state index contributed by atoms with van der Waals surface area (Å²) in [5, 5.41) is 11.1. The van der Waals surface area contributed by atoms with Crippen molar-refractivity contribution in [1.82, 2.24) is 5.01 Å². The van der Waals surface area contributed by atoms with Crippen molar-refractivity contribution >= 4 is 12.7 Å². The van der Waals surface area contributed by atoms with Crippen LogP contribution in [0.2, 0.25) is 0 Å². The van der Waals surface area contributed by atoms with Crippen LogP contribution in [-0.4, -0.2) is 59.8 Å². The van der Waals surface area contributed by atoms with Crippen molar-refractivity contribution in [3.05, 3.63) is 0 Å². The van der Waals surface area contributed by atoms with E-state index in [-0.39, 0.29) is 18.0 Å². The van der Waals surface area contributed by atoms with Gasteiger partial charge in [-0.3, -0.25) is 4.79 Å². The first kappa shape index (κ1) is 9.45. The molecule has 5 nitrogen and oxygen atoms in total. The molecule has 78 valence electrons. The maximum absolute atomic E-state index is 11.0. The molecule has 3 atom stereocenters. The largest absolute Gasteiger partial charge is 0.481 e. The Morgan fingerprint density at radius 1 is 1.64 bits per heavy atom. The quantitative estimate of drug-likeness (QED) is 0.477. The highest BCUT2D eigenvalue weighted by Crippen LogP contribution is 2.33. The molecule has 0 amide bonds. The Bertz CT molecular complexity index is 279. The van der Waals surface area contributed by atoms with Crippen LogP contribution in [0.5, 0.6) is 0 Å². The van der Waals surface area contributed by atoms with E-state index in [4.69, 9.17) is 9.84 Å². The molecule has 2 aliphatic rings. The molecule has 2 rings (SSSR count). The molecular weight excluding hydrogens is 184 g/mol. The molecule has 0 spiro atoms. The molecular formula is C9H15N2O3+. The van der Waals surface area contributed by atoms with E-state index in [1.807, 2.05) is 12.1 Å². The molecule has 2 heterocycles. The summed E-state index contributed by atoms with van der Waals surface area (Å²) in [4.78, 5) is 11.0. The second kappa shape index (κ2) is 3.24. The Hall–Kier alpha value is -1.10. The zero-order valence-corrected chi connectivity index (χ0v) is 8.22. The number of hydrazone groups is 1. The minimum absolute atomic E-state index is 0.0475. The molecule has 2 aliphatic heterocycles. The number of morpholine rings is 1. The fourth-order valence-electron chi connectivity index (χ4n) is 2.47. The predicted octanol–water partition coefficient (Wildman–Crippen LogP) is -0.582. The highest BCUT2D eigenvalue weighted by molar-refractivity contribution is 5.71. The van der Waals surface area contributed by atoms with Gasteiger partial charge in [0.25, 0.3) is 0 Å². The van der Waals surface area contributed by atoms with Gasteiger partial charge in [0.2, 0.25) is 0 Å². The van der Waals surface area contributed by atoms with Gasteiger partial charge in [0.05, 0.1) is 19.1 Å². The minimum atomic E-state index is -0.727. The molecule has 2 bridgehead atoms. The topological polar surface area (TPSA) is 52.8 Å². The third-order valence-electron chi connectivity index (χ3n) is 3.01. The fraction of sp³-hybridized carbons (Fsp3) is 0.778. The number of ether oxygens (including phenoxy) is 1. The number of carboxylic acid groups (broad SMARTS) is 1. The first-order valence-electron chi connectivity index (χ1n) is 4.74. The molecule has 0 saturated carbocycles. The van der Waals surface area contributed by atoms with E-state index < -0.39 is 5.97 Å².